The summed E-state index contributed by atoms with van der Waals surface area (Å²) in [5, 5.41) is 0. The number of carbonyl (C=O) groups is 1. The number of fused-ring (bicyclic) bond motifs is 1. The standard InChI is InChI=1S/C25H22N2O5/c28-24(30-17-5-16-27-22-7-1-2-8-23(22)32-25(27)29)14-11-19-9-12-21(13-10-19)31-18-20-6-3-4-15-26-20/h1-4,6-15H,5,16-18H2/b14-11+. The van der Waals surface area contributed by atoms with Crippen LogP contribution < -0.4 is 10.5 Å². The van der Waals surface area contributed by atoms with Gasteiger partial charge in [0, 0.05) is 18.8 Å². The molecule has 0 saturated carbocycles. The van der Waals surface area contributed by atoms with Crippen molar-refractivity contribution in [2.75, 3.05) is 6.61 Å². The molecular formula is C25H22N2O5. The van der Waals surface area contributed by atoms with Gasteiger partial charge in [0.1, 0.15) is 12.4 Å². The number of hydrogen-bond donors (Lipinski definition) is 0. The summed E-state index contributed by atoms with van der Waals surface area (Å²) in [6, 6.07) is 20.3. The molecule has 32 heavy (non-hydrogen) atoms. The third-order valence-corrected chi connectivity index (χ3v) is 4.75. The predicted octanol–water partition coefficient (Wildman–Crippen LogP) is 4.22. The average Bonchev–Trinajstić information content (AvgIpc) is 3.15. The minimum Gasteiger partial charge on any atom is -0.487 e. The van der Waals surface area contributed by atoms with Crippen molar-refractivity contribution in [2.24, 2.45) is 0 Å². The minimum absolute atomic E-state index is 0.204. The molecule has 0 bridgehead atoms. The molecule has 0 aliphatic carbocycles. The Hall–Kier alpha value is -4.13. The number of aryl methyl sites for hydroxylation is 1. The Balaban J connectivity index is 1.21. The van der Waals surface area contributed by atoms with Gasteiger partial charge in [0.2, 0.25) is 0 Å². The van der Waals surface area contributed by atoms with Gasteiger partial charge in [-0.05, 0) is 54.5 Å². The second kappa shape index (κ2) is 10.3. The molecule has 7 nitrogen and oxygen atoms in total. The topological polar surface area (TPSA) is 83.6 Å². The van der Waals surface area contributed by atoms with Crippen LogP contribution in [0.1, 0.15) is 17.7 Å². The molecule has 0 saturated heterocycles. The number of oxazole rings is 1. The molecule has 0 radical (unpaired) electrons. The summed E-state index contributed by atoms with van der Waals surface area (Å²) in [5.74, 6) is -0.132. The summed E-state index contributed by atoms with van der Waals surface area (Å²) in [4.78, 5) is 28.1. The maximum atomic E-state index is 12.0. The first-order valence-electron chi connectivity index (χ1n) is 10.2. The molecule has 0 atom stereocenters. The van der Waals surface area contributed by atoms with Gasteiger partial charge in [0.05, 0.1) is 17.8 Å². The molecule has 2 heterocycles. The Kier molecular flexibility index (Phi) is 6.77. The van der Waals surface area contributed by atoms with E-state index < -0.39 is 11.7 Å². The third-order valence-electron chi connectivity index (χ3n) is 4.75. The number of nitrogens with zero attached hydrogens (tertiary/aromatic N) is 2. The Labute approximate surface area is 184 Å². The summed E-state index contributed by atoms with van der Waals surface area (Å²) in [6.45, 7) is 1.01. The van der Waals surface area contributed by atoms with Crippen LogP contribution in [0.3, 0.4) is 0 Å². The van der Waals surface area contributed by atoms with Crippen LogP contribution in [0, 0.1) is 0 Å². The highest BCUT2D eigenvalue weighted by molar-refractivity contribution is 5.87. The fourth-order valence-corrected chi connectivity index (χ4v) is 3.15. The fourth-order valence-electron chi connectivity index (χ4n) is 3.15. The number of aromatic nitrogens is 2. The Bertz CT molecular complexity index is 1260. The molecule has 0 aliphatic heterocycles. The lowest BCUT2D eigenvalue weighted by atomic mass is 10.2. The maximum Gasteiger partial charge on any atom is 0.419 e. The molecule has 2 aromatic carbocycles. The number of hydrogen-bond acceptors (Lipinski definition) is 6. The van der Waals surface area contributed by atoms with E-state index in [0.29, 0.717) is 25.2 Å². The second-order valence-electron chi connectivity index (χ2n) is 7.02. The van der Waals surface area contributed by atoms with Gasteiger partial charge in [-0.2, -0.15) is 0 Å². The molecule has 4 aromatic rings. The monoisotopic (exact) mass is 430 g/mol. The van der Waals surface area contributed by atoms with Crippen molar-refractivity contribution in [2.45, 2.75) is 19.6 Å². The molecule has 7 heteroatoms. The van der Waals surface area contributed by atoms with E-state index in [9.17, 15) is 9.59 Å². The van der Waals surface area contributed by atoms with E-state index >= 15 is 0 Å². The largest absolute Gasteiger partial charge is 0.487 e. The number of pyridine rings is 1. The Morgan fingerprint density at radius 3 is 2.66 bits per heavy atom. The van der Waals surface area contributed by atoms with E-state index in [1.807, 2.05) is 60.7 Å². The number of carbonyl (C=O) groups excluding carboxylic acids is 1. The molecule has 0 N–H and O–H groups in total. The van der Waals surface area contributed by atoms with Crippen molar-refractivity contribution in [3.05, 3.63) is 101 Å². The number of esters is 1. The normalized spacial score (nSPS) is 11.1. The summed E-state index contributed by atoms with van der Waals surface area (Å²) in [6.07, 6.45) is 5.29. The van der Waals surface area contributed by atoms with Crippen molar-refractivity contribution >= 4 is 23.1 Å². The van der Waals surface area contributed by atoms with Crippen LogP contribution in [0.2, 0.25) is 0 Å². The van der Waals surface area contributed by atoms with Crippen molar-refractivity contribution in [1.29, 1.82) is 0 Å². The summed E-state index contributed by atoms with van der Waals surface area (Å²) >= 11 is 0. The van der Waals surface area contributed by atoms with E-state index in [-0.39, 0.29) is 6.61 Å². The highest BCUT2D eigenvalue weighted by Crippen LogP contribution is 2.15. The fraction of sp³-hybridized carbons (Fsp3) is 0.160. The van der Waals surface area contributed by atoms with Gasteiger partial charge < -0.3 is 13.9 Å². The predicted molar refractivity (Wildman–Crippen MR) is 120 cm³/mol. The first kappa shape index (κ1) is 21.1. The molecular weight excluding hydrogens is 408 g/mol. The van der Waals surface area contributed by atoms with Crippen molar-refractivity contribution in [3.63, 3.8) is 0 Å². The zero-order valence-corrected chi connectivity index (χ0v) is 17.3. The van der Waals surface area contributed by atoms with Crippen LogP contribution in [0.15, 0.2) is 88.2 Å². The van der Waals surface area contributed by atoms with Crippen LogP contribution in [0.25, 0.3) is 17.2 Å². The molecule has 0 spiro atoms. The van der Waals surface area contributed by atoms with Crippen molar-refractivity contribution in [1.82, 2.24) is 9.55 Å². The molecule has 0 fully saturated rings. The molecule has 2 aromatic heterocycles. The van der Waals surface area contributed by atoms with Gasteiger partial charge >= 0.3 is 11.7 Å². The number of rotatable bonds is 9. The first-order valence-corrected chi connectivity index (χ1v) is 10.2. The third kappa shape index (κ3) is 5.51. The number of ether oxygens (including phenoxy) is 2. The highest BCUT2D eigenvalue weighted by atomic mass is 16.5. The van der Waals surface area contributed by atoms with E-state index in [1.54, 1.807) is 18.3 Å². The maximum absolute atomic E-state index is 12.0. The van der Waals surface area contributed by atoms with Crippen molar-refractivity contribution in [3.8, 4) is 5.75 Å². The SMILES string of the molecule is O=C(/C=C/c1ccc(OCc2ccccn2)cc1)OCCCn1c(=O)oc2ccccc21. The van der Waals surface area contributed by atoms with E-state index in [1.165, 1.54) is 10.6 Å². The van der Waals surface area contributed by atoms with Crippen LogP contribution in [0.4, 0.5) is 0 Å². The van der Waals surface area contributed by atoms with Gasteiger partial charge in [-0.15, -0.1) is 0 Å². The molecule has 0 aliphatic rings. The zero-order valence-electron chi connectivity index (χ0n) is 17.3. The Morgan fingerprint density at radius 2 is 1.84 bits per heavy atom. The van der Waals surface area contributed by atoms with Gasteiger partial charge in [0.15, 0.2) is 5.58 Å². The summed E-state index contributed by atoms with van der Waals surface area (Å²) in [7, 11) is 0. The van der Waals surface area contributed by atoms with Crippen LogP contribution >= 0.6 is 0 Å². The zero-order chi connectivity index (χ0) is 22.2. The first-order chi connectivity index (χ1) is 15.7. The minimum atomic E-state index is -0.440. The molecule has 0 amide bonds. The summed E-state index contributed by atoms with van der Waals surface area (Å²) in [5.41, 5.74) is 2.98. The molecule has 0 unspecified atom stereocenters. The smallest absolute Gasteiger partial charge is 0.419 e. The van der Waals surface area contributed by atoms with Crippen molar-refractivity contribution < 1.29 is 18.7 Å². The van der Waals surface area contributed by atoms with Gasteiger partial charge in [-0.25, -0.2) is 9.59 Å². The molecule has 162 valence electrons. The van der Waals surface area contributed by atoms with Crippen LogP contribution in [-0.2, 0) is 22.7 Å². The lowest BCUT2D eigenvalue weighted by Crippen LogP contribution is -2.15. The average molecular weight is 430 g/mol. The number of benzene rings is 2. The van der Waals surface area contributed by atoms with Crippen LogP contribution in [0.5, 0.6) is 5.75 Å². The second-order valence-corrected chi connectivity index (χ2v) is 7.02. The molecule has 4 rings (SSSR count). The number of para-hydroxylation sites is 2. The van der Waals surface area contributed by atoms with Crippen LogP contribution in [-0.4, -0.2) is 22.1 Å². The van der Waals surface area contributed by atoms with Gasteiger partial charge in [0.25, 0.3) is 0 Å². The van der Waals surface area contributed by atoms with Gasteiger partial charge in [-0.3, -0.25) is 9.55 Å². The lowest BCUT2D eigenvalue weighted by molar-refractivity contribution is -0.137. The quantitative estimate of drug-likeness (QED) is 0.225. The van der Waals surface area contributed by atoms with E-state index in [0.717, 1.165) is 22.5 Å². The van der Waals surface area contributed by atoms with E-state index in [2.05, 4.69) is 4.98 Å². The highest BCUT2D eigenvalue weighted by Gasteiger charge is 2.08. The van der Waals surface area contributed by atoms with E-state index in [4.69, 9.17) is 13.9 Å². The Morgan fingerprint density at radius 1 is 1.03 bits per heavy atom. The van der Waals surface area contributed by atoms with Gasteiger partial charge in [-0.1, -0.05) is 30.3 Å². The summed E-state index contributed by atoms with van der Waals surface area (Å²) < 4.78 is 17.6. The lowest BCUT2D eigenvalue weighted by Gasteiger charge is -2.06.